The zero-order valence-corrected chi connectivity index (χ0v) is 25.7. The summed E-state index contributed by atoms with van der Waals surface area (Å²) in [4.78, 5) is 9.23. The summed E-state index contributed by atoms with van der Waals surface area (Å²) in [5, 5.41) is 11.8. The minimum atomic E-state index is 0.755. The molecule has 0 spiro atoms. The summed E-state index contributed by atoms with van der Waals surface area (Å²) in [6, 6.07) is 37.2. The third-order valence-electron chi connectivity index (χ3n) is 9.18. The Morgan fingerprint density at radius 1 is 0.681 bits per heavy atom. The number of nitrogens with one attached hydrogen (secondary N) is 2. The smallest absolute Gasteiger partial charge is 0.0716 e. The quantitative estimate of drug-likeness (QED) is 0.206. The highest BCUT2D eigenvalue weighted by molar-refractivity contribution is 6.12. The van der Waals surface area contributed by atoms with E-state index in [-0.39, 0.29) is 0 Å². The molecule has 0 atom stereocenters. The summed E-state index contributed by atoms with van der Waals surface area (Å²) in [5.74, 6) is 0. The molecule has 0 unspecified atom stereocenters. The Morgan fingerprint density at radius 3 is 2.34 bits per heavy atom. The number of aromatic nitrogens is 3. The zero-order valence-electron chi connectivity index (χ0n) is 25.7. The number of hydrogen-bond acceptors (Lipinski definition) is 4. The first-order valence-electron chi connectivity index (χ1n) is 16.0. The Kier molecular flexibility index (Phi) is 6.53. The molecular formula is C42H31N5. The van der Waals surface area contributed by atoms with Crippen molar-refractivity contribution in [3.8, 4) is 16.8 Å². The van der Waals surface area contributed by atoms with E-state index in [4.69, 9.17) is 0 Å². The summed E-state index contributed by atoms with van der Waals surface area (Å²) in [5.41, 5.74) is 12.4. The molecule has 0 aliphatic carbocycles. The third kappa shape index (κ3) is 4.80. The van der Waals surface area contributed by atoms with Crippen LogP contribution in [0.25, 0.3) is 66.2 Å². The summed E-state index contributed by atoms with van der Waals surface area (Å²) < 4.78 is 2.44. The second-order valence-electron chi connectivity index (χ2n) is 12.0. The van der Waals surface area contributed by atoms with Crippen LogP contribution >= 0.6 is 0 Å². The van der Waals surface area contributed by atoms with Crippen LogP contribution < -0.4 is 10.6 Å². The number of rotatable bonds is 5. The van der Waals surface area contributed by atoms with Gasteiger partial charge in [-0.15, -0.1) is 0 Å². The lowest BCUT2D eigenvalue weighted by atomic mass is 9.98. The van der Waals surface area contributed by atoms with Crippen molar-refractivity contribution < 1.29 is 0 Å². The van der Waals surface area contributed by atoms with Crippen molar-refractivity contribution in [2.45, 2.75) is 0 Å². The van der Waals surface area contributed by atoms with Crippen molar-refractivity contribution in [1.29, 1.82) is 0 Å². The van der Waals surface area contributed by atoms with Crippen LogP contribution in [0.5, 0.6) is 0 Å². The minimum absolute atomic E-state index is 0.755. The van der Waals surface area contributed by atoms with Crippen LogP contribution in [0, 0.1) is 0 Å². The molecule has 7 aromatic rings. The zero-order chi connectivity index (χ0) is 31.2. The Balaban J connectivity index is 1.25. The summed E-state index contributed by atoms with van der Waals surface area (Å²) >= 11 is 0. The predicted molar refractivity (Wildman–Crippen MR) is 195 cm³/mol. The largest absolute Gasteiger partial charge is 0.386 e. The van der Waals surface area contributed by atoms with Crippen LogP contribution in [0.15, 0.2) is 152 Å². The van der Waals surface area contributed by atoms with Gasteiger partial charge in [-0.2, -0.15) is 0 Å². The Morgan fingerprint density at radius 2 is 1.49 bits per heavy atom. The molecule has 0 saturated heterocycles. The SMILES string of the molecule is C1=CCNC(c2cncc(-c3ccc4c5ccc(C6=CC(c7ccccn7)=CNC6)cc5n(-c5cccc6ccccc56)c4c3)c2)=C1. The van der Waals surface area contributed by atoms with E-state index in [1.807, 2.05) is 30.7 Å². The van der Waals surface area contributed by atoms with Gasteiger partial charge in [0.1, 0.15) is 0 Å². The Bertz CT molecular complexity index is 2460. The van der Waals surface area contributed by atoms with E-state index in [2.05, 4.69) is 147 Å². The maximum absolute atomic E-state index is 4.64. The lowest BCUT2D eigenvalue weighted by Crippen LogP contribution is -2.14. The fourth-order valence-corrected chi connectivity index (χ4v) is 6.88. The highest BCUT2D eigenvalue weighted by atomic mass is 15.0. The van der Waals surface area contributed by atoms with Gasteiger partial charge in [0.25, 0.3) is 0 Å². The molecule has 47 heavy (non-hydrogen) atoms. The highest BCUT2D eigenvalue weighted by Gasteiger charge is 2.18. The Hall–Kier alpha value is -6.20. The number of nitrogens with zero attached hydrogens (tertiary/aromatic N) is 3. The molecule has 9 rings (SSSR count). The van der Waals surface area contributed by atoms with Crippen molar-refractivity contribution in [1.82, 2.24) is 25.2 Å². The molecule has 5 nitrogen and oxygen atoms in total. The normalized spacial score (nSPS) is 14.4. The molecule has 3 aromatic heterocycles. The van der Waals surface area contributed by atoms with E-state index in [9.17, 15) is 0 Å². The van der Waals surface area contributed by atoms with E-state index in [0.717, 1.165) is 52.4 Å². The van der Waals surface area contributed by atoms with Gasteiger partial charge >= 0.3 is 0 Å². The standard InChI is InChI=1S/C42H31N5/c1-2-10-35-28(8-1)9-7-13-40(35)47-41-22-29(31-20-33(26-43-24-31)38-11-3-5-18-45-38)14-16-36(41)37-17-15-30(23-42(37)47)32-21-34(27-44-25-32)39-12-4-6-19-46-39/h1-18,20-23,25-27,43,46H,19,24H2. The van der Waals surface area contributed by atoms with Gasteiger partial charge in [-0.25, -0.2) is 0 Å². The maximum Gasteiger partial charge on any atom is 0.0716 e. The van der Waals surface area contributed by atoms with E-state index in [1.165, 1.54) is 43.7 Å². The van der Waals surface area contributed by atoms with Gasteiger partial charge < -0.3 is 15.2 Å². The molecule has 0 bridgehead atoms. The lowest BCUT2D eigenvalue weighted by molar-refractivity contribution is 0.988. The fraction of sp³-hybridized carbons (Fsp3) is 0.0476. The molecule has 5 heteroatoms. The van der Waals surface area contributed by atoms with E-state index in [0.29, 0.717) is 0 Å². The maximum atomic E-state index is 4.64. The first-order chi connectivity index (χ1) is 23.3. The van der Waals surface area contributed by atoms with Crippen LogP contribution in [-0.4, -0.2) is 27.6 Å². The fourth-order valence-electron chi connectivity index (χ4n) is 6.88. The number of dihydropyridines is 2. The Labute approximate surface area is 272 Å². The first-order valence-corrected chi connectivity index (χ1v) is 16.0. The molecule has 0 fully saturated rings. The molecule has 2 N–H and O–H groups in total. The van der Waals surface area contributed by atoms with Gasteiger partial charge in [0.2, 0.25) is 0 Å². The molecule has 4 aromatic carbocycles. The monoisotopic (exact) mass is 605 g/mol. The van der Waals surface area contributed by atoms with Gasteiger partial charge in [0, 0.05) is 76.4 Å². The van der Waals surface area contributed by atoms with Crippen LogP contribution in [-0.2, 0) is 0 Å². The molecular weight excluding hydrogens is 574 g/mol. The van der Waals surface area contributed by atoms with E-state index in [1.54, 1.807) is 0 Å². The van der Waals surface area contributed by atoms with Gasteiger partial charge in [0.05, 0.1) is 22.4 Å². The van der Waals surface area contributed by atoms with E-state index >= 15 is 0 Å². The van der Waals surface area contributed by atoms with Crippen LogP contribution in [0.2, 0.25) is 0 Å². The van der Waals surface area contributed by atoms with Gasteiger partial charge in [-0.3, -0.25) is 9.97 Å². The highest BCUT2D eigenvalue weighted by Crippen LogP contribution is 2.38. The number of benzene rings is 4. The molecule has 5 heterocycles. The van der Waals surface area contributed by atoms with Crippen LogP contribution in [0.3, 0.4) is 0 Å². The molecule has 2 aliphatic heterocycles. The molecule has 0 amide bonds. The topological polar surface area (TPSA) is 54.8 Å². The number of fused-ring (bicyclic) bond motifs is 4. The molecule has 0 radical (unpaired) electrons. The summed E-state index contributed by atoms with van der Waals surface area (Å²) in [7, 11) is 0. The average molecular weight is 606 g/mol. The van der Waals surface area contributed by atoms with Gasteiger partial charge in [-0.1, -0.05) is 78.9 Å². The second-order valence-corrected chi connectivity index (χ2v) is 12.0. The first kappa shape index (κ1) is 27.1. The van der Waals surface area contributed by atoms with Crippen molar-refractivity contribution in [3.63, 3.8) is 0 Å². The van der Waals surface area contributed by atoms with Crippen LogP contribution in [0.1, 0.15) is 16.8 Å². The molecule has 224 valence electrons. The van der Waals surface area contributed by atoms with Crippen molar-refractivity contribution in [2.24, 2.45) is 0 Å². The average Bonchev–Trinajstić information content (AvgIpc) is 3.48. The third-order valence-corrected chi connectivity index (χ3v) is 9.18. The van der Waals surface area contributed by atoms with Gasteiger partial charge in [-0.05, 0) is 70.6 Å². The molecule has 0 saturated carbocycles. The van der Waals surface area contributed by atoms with Crippen molar-refractivity contribution in [3.05, 3.63) is 169 Å². The van der Waals surface area contributed by atoms with Crippen molar-refractivity contribution >= 4 is 49.4 Å². The van der Waals surface area contributed by atoms with Gasteiger partial charge in [0.15, 0.2) is 0 Å². The summed E-state index contributed by atoms with van der Waals surface area (Å²) in [6.07, 6.45) is 16.4. The number of pyridine rings is 2. The summed E-state index contributed by atoms with van der Waals surface area (Å²) in [6.45, 7) is 1.58. The minimum Gasteiger partial charge on any atom is -0.386 e. The lowest BCUT2D eigenvalue weighted by Gasteiger charge is -2.17. The number of hydrogen-bond donors (Lipinski definition) is 2. The van der Waals surface area contributed by atoms with E-state index < -0.39 is 0 Å². The number of allylic oxidation sites excluding steroid dienone is 4. The van der Waals surface area contributed by atoms with Crippen molar-refractivity contribution in [2.75, 3.05) is 13.1 Å². The second kappa shape index (κ2) is 11.3. The predicted octanol–water partition coefficient (Wildman–Crippen LogP) is 8.92. The molecule has 2 aliphatic rings. The van der Waals surface area contributed by atoms with Crippen LogP contribution in [0.4, 0.5) is 0 Å².